The van der Waals surface area contributed by atoms with Crippen LogP contribution in [0.25, 0.3) is 22.2 Å². The van der Waals surface area contributed by atoms with Crippen molar-refractivity contribution < 1.29 is 9.53 Å². The lowest BCUT2D eigenvalue weighted by atomic mass is 10.0. The number of carbonyl (C=O) groups is 1. The summed E-state index contributed by atoms with van der Waals surface area (Å²) >= 11 is 0. The minimum absolute atomic E-state index is 0.674. The molecular formula is C18H17NO2. The summed E-state index contributed by atoms with van der Waals surface area (Å²) in [6.07, 6.45) is 1.91. The number of carbonyl (C=O) groups excluding carboxylic acids is 1. The number of rotatable bonds is 4. The van der Waals surface area contributed by atoms with E-state index in [0.717, 1.165) is 40.6 Å². The van der Waals surface area contributed by atoms with Crippen LogP contribution in [0.1, 0.15) is 22.8 Å². The van der Waals surface area contributed by atoms with Crippen LogP contribution in [-0.4, -0.2) is 18.4 Å². The summed E-state index contributed by atoms with van der Waals surface area (Å²) in [6, 6.07) is 14.0. The van der Waals surface area contributed by atoms with Crippen LogP contribution in [0.4, 0.5) is 0 Å². The second kappa shape index (κ2) is 5.44. The Labute approximate surface area is 123 Å². The fraction of sp³-hybridized carbons (Fsp3) is 0.167. The van der Waals surface area contributed by atoms with Gasteiger partial charge in [0, 0.05) is 10.9 Å². The average Bonchev–Trinajstić information content (AvgIpc) is 2.93. The summed E-state index contributed by atoms with van der Waals surface area (Å²) < 4.78 is 5.37. The number of aromatic nitrogens is 1. The minimum Gasteiger partial charge on any atom is -0.495 e. The largest absolute Gasteiger partial charge is 0.495 e. The molecule has 3 rings (SSSR count). The van der Waals surface area contributed by atoms with Gasteiger partial charge in [0.1, 0.15) is 5.75 Å². The highest BCUT2D eigenvalue weighted by molar-refractivity contribution is 6.06. The summed E-state index contributed by atoms with van der Waals surface area (Å²) in [5.74, 6) is 0.743. The van der Waals surface area contributed by atoms with E-state index in [1.54, 1.807) is 7.11 Å². The Morgan fingerprint density at radius 3 is 2.52 bits per heavy atom. The summed E-state index contributed by atoms with van der Waals surface area (Å²) in [5.41, 5.74) is 4.66. The van der Waals surface area contributed by atoms with Gasteiger partial charge in [-0.3, -0.25) is 4.79 Å². The maximum Gasteiger partial charge on any atom is 0.152 e. The normalized spacial score (nSPS) is 10.8. The van der Waals surface area contributed by atoms with Crippen molar-refractivity contribution in [3.05, 3.63) is 53.6 Å². The van der Waals surface area contributed by atoms with Crippen molar-refractivity contribution in [3.8, 4) is 17.0 Å². The number of ether oxygens (including phenoxy) is 1. The molecule has 0 atom stereocenters. The minimum atomic E-state index is 0.674. The van der Waals surface area contributed by atoms with E-state index in [1.165, 1.54) is 5.56 Å². The number of benzene rings is 2. The first-order valence-electron chi connectivity index (χ1n) is 7.01. The fourth-order valence-electron chi connectivity index (χ4n) is 2.64. The van der Waals surface area contributed by atoms with Crippen LogP contribution in [0.3, 0.4) is 0 Å². The third-order valence-electron chi connectivity index (χ3n) is 3.82. The van der Waals surface area contributed by atoms with Crippen LogP contribution in [0.15, 0.2) is 42.5 Å². The van der Waals surface area contributed by atoms with Gasteiger partial charge in [-0.1, -0.05) is 43.3 Å². The van der Waals surface area contributed by atoms with Crippen LogP contribution in [-0.2, 0) is 6.42 Å². The van der Waals surface area contributed by atoms with E-state index < -0.39 is 0 Å². The summed E-state index contributed by atoms with van der Waals surface area (Å²) in [6.45, 7) is 2.12. The van der Waals surface area contributed by atoms with Crippen LogP contribution in [0.5, 0.6) is 5.75 Å². The molecule has 3 nitrogen and oxygen atoms in total. The molecule has 3 heteroatoms. The zero-order chi connectivity index (χ0) is 14.8. The number of aromatic amines is 1. The van der Waals surface area contributed by atoms with Crippen LogP contribution in [0.2, 0.25) is 0 Å². The van der Waals surface area contributed by atoms with E-state index in [-0.39, 0.29) is 0 Å². The third kappa shape index (κ3) is 2.21. The van der Waals surface area contributed by atoms with Crippen molar-refractivity contribution in [2.45, 2.75) is 13.3 Å². The Balaban J connectivity index is 2.23. The molecule has 0 spiro atoms. The zero-order valence-electron chi connectivity index (χ0n) is 12.1. The number of hydrogen-bond donors (Lipinski definition) is 1. The topological polar surface area (TPSA) is 42.1 Å². The fourth-order valence-corrected chi connectivity index (χ4v) is 2.64. The molecule has 0 saturated heterocycles. The van der Waals surface area contributed by atoms with E-state index in [0.29, 0.717) is 5.56 Å². The van der Waals surface area contributed by atoms with E-state index in [9.17, 15) is 4.79 Å². The van der Waals surface area contributed by atoms with Crippen molar-refractivity contribution in [1.29, 1.82) is 0 Å². The molecule has 0 aliphatic heterocycles. The molecule has 0 aliphatic rings. The van der Waals surface area contributed by atoms with Gasteiger partial charge in [-0.2, -0.15) is 0 Å². The number of H-pyrrole nitrogens is 1. The molecule has 0 aliphatic carbocycles. The SMILES string of the molecule is CCc1ccc(-c2[nH]c3c(OC)cccc3c2C=O)cc1. The van der Waals surface area contributed by atoms with Gasteiger partial charge >= 0.3 is 0 Å². The number of fused-ring (bicyclic) bond motifs is 1. The molecule has 0 saturated carbocycles. The van der Waals surface area contributed by atoms with Crippen LogP contribution < -0.4 is 4.74 Å². The van der Waals surface area contributed by atoms with Gasteiger partial charge in [0.15, 0.2) is 6.29 Å². The molecule has 0 bridgehead atoms. The van der Waals surface area contributed by atoms with Gasteiger partial charge in [-0.15, -0.1) is 0 Å². The molecule has 0 radical (unpaired) electrons. The number of aldehydes is 1. The quantitative estimate of drug-likeness (QED) is 0.727. The first-order valence-corrected chi connectivity index (χ1v) is 7.01. The molecule has 0 amide bonds. The lowest BCUT2D eigenvalue weighted by Crippen LogP contribution is -1.86. The summed E-state index contributed by atoms with van der Waals surface area (Å²) in [4.78, 5) is 14.9. The maximum atomic E-state index is 11.5. The van der Waals surface area contributed by atoms with Gasteiger partial charge in [0.05, 0.1) is 18.3 Å². The molecule has 0 fully saturated rings. The molecule has 106 valence electrons. The molecule has 3 aromatic rings. The van der Waals surface area contributed by atoms with Crippen LogP contribution >= 0.6 is 0 Å². The summed E-state index contributed by atoms with van der Waals surface area (Å²) in [5, 5.41) is 0.888. The smallest absolute Gasteiger partial charge is 0.152 e. The Bertz CT molecular complexity index is 785. The van der Waals surface area contributed by atoms with Gasteiger partial charge < -0.3 is 9.72 Å². The predicted octanol–water partition coefficient (Wildman–Crippen LogP) is 4.22. The number of hydrogen-bond acceptors (Lipinski definition) is 2. The average molecular weight is 279 g/mol. The Kier molecular flexibility index (Phi) is 3.48. The lowest BCUT2D eigenvalue weighted by Gasteiger charge is -2.02. The van der Waals surface area contributed by atoms with E-state index in [2.05, 4.69) is 24.0 Å². The van der Waals surface area contributed by atoms with E-state index >= 15 is 0 Å². The Morgan fingerprint density at radius 1 is 1.14 bits per heavy atom. The number of para-hydroxylation sites is 1. The van der Waals surface area contributed by atoms with E-state index in [4.69, 9.17) is 4.74 Å². The number of methoxy groups -OCH3 is 1. The zero-order valence-corrected chi connectivity index (χ0v) is 12.1. The molecule has 0 unspecified atom stereocenters. The third-order valence-corrected chi connectivity index (χ3v) is 3.82. The van der Waals surface area contributed by atoms with Crippen molar-refractivity contribution in [1.82, 2.24) is 4.98 Å². The van der Waals surface area contributed by atoms with Crippen LogP contribution in [0, 0.1) is 0 Å². The molecule has 1 N–H and O–H groups in total. The Hall–Kier alpha value is -2.55. The predicted molar refractivity (Wildman–Crippen MR) is 85.1 cm³/mol. The van der Waals surface area contributed by atoms with Crippen molar-refractivity contribution in [3.63, 3.8) is 0 Å². The van der Waals surface area contributed by atoms with Gasteiger partial charge in [-0.05, 0) is 23.6 Å². The van der Waals surface area contributed by atoms with Gasteiger partial charge in [-0.25, -0.2) is 0 Å². The van der Waals surface area contributed by atoms with Gasteiger partial charge in [0.25, 0.3) is 0 Å². The van der Waals surface area contributed by atoms with E-state index in [1.807, 2.05) is 30.3 Å². The standard InChI is InChI=1S/C18H17NO2/c1-3-12-7-9-13(10-8-12)17-15(11-20)14-5-4-6-16(21-2)18(14)19-17/h4-11,19H,3H2,1-2H3. The molecule has 2 aromatic carbocycles. The number of nitrogens with one attached hydrogen (secondary N) is 1. The first-order chi connectivity index (χ1) is 10.3. The van der Waals surface area contributed by atoms with Crippen molar-refractivity contribution in [2.24, 2.45) is 0 Å². The first kappa shape index (κ1) is 13.4. The van der Waals surface area contributed by atoms with Gasteiger partial charge in [0.2, 0.25) is 0 Å². The monoisotopic (exact) mass is 279 g/mol. The van der Waals surface area contributed by atoms with Crippen molar-refractivity contribution >= 4 is 17.2 Å². The molecule has 1 aromatic heterocycles. The highest BCUT2D eigenvalue weighted by Crippen LogP contribution is 2.33. The highest BCUT2D eigenvalue weighted by Gasteiger charge is 2.15. The number of aryl methyl sites for hydroxylation is 1. The van der Waals surface area contributed by atoms with Crippen molar-refractivity contribution in [2.75, 3.05) is 7.11 Å². The molecular weight excluding hydrogens is 262 g/mol. The summed E-state index contributed by atoms with van der Waals surface area (Å²) in [7, 11) is 1.63. The molecule has 21 heavy (non-hydrogen) atoms. The Morgan fingerprint density at radius 2 is 1.90 bits per heavy atom. The second-order valence-corrected chi connectivity index (χ2v) is 4.96. The second-order valence-electron chi connectivity index (χ2n) is 4.96. The highest BCUT2D eigenvalue weighted by atomic mass is 16.5. The lowest BCUT2D eigenvalue weighted by molar-refractivity contribution is 0.112. The molecule has 1 heterocycles. The maximum absolute atomic E-state index is 11.5.